The Morgan fingerprint density at radius 1 is 0.675 bits per heavy atom. The Bertz CT molecular complexity index is 1930. The van der Waals surface area contributed by atoms with Crippen molar-refractivity contribution in [2.45, 2.75) is 6.92 Å². The quantitative estimate of drug-likeness (QED) is 0.196. The van der Waals surface area contributed by atoms with Crippen molar-refractivity contribution in [3.8, 4) is 17.2 Å². The Balaban J connectivity index is 1.37. The molecular formula is C32H22GaN3O4. The van der Waals surface area contributed by atoms with Crippen molar-refractivity contribution in [3.05, 3.63) is 120 Å². The molecule has 0 amide bonds. The zero-order valence-corrected chi connectivity index (χ0v) is 23.9. The number of nitrogens with zero attached hydrogens (tertiary/aromatic N) is 3. The van der Waals surface area contributed by atoms with Gasteiger partial charge in [-0.05, 0) is 0 Å². The number of aliphatic imine (C=N–C) groups is 2. The van der Waals surface area contributed by atoms with Gasteiger partial charge in [-0.25, -0.2) is 0 Å². The van der Waals surface area contributed by atoms with Crippen LogP contribution in [0, 0.1) is 6.92 Å². The Morgan fingerprint density at radius 2 is 1.38 bits per heavy atom. The van der Waals surface area contributed by atoms with Crippen molar-refractivity contribution >= 4 is 63.2 Å². The molecule has 3 heterocycles. The van der Waals surface area contributed by atoms with E-state index in [9.17, 15) is 0 Å². The normalized spacial score (nSPS) is 13.6. The van der Waals surface area contributed by atoms with Gasteiger partial charge in [0.05, 0.1) is 0 Å². The minimum atomic E-state index is -3.53. The molecule has 192 valence electrons. The van der Waals surface area contributed by atoms with Gasteiger partial charge in [0, 0.05) is 0 Å². The third-order valence-electron chi connectivity index (χ3n) is 6.54. The number of hydrogen-bond acceptors (Lipinski definition) is 7. The van der Waals surface area contributed by atoms with Crippen LogP contribution in [0.1, 0.15) is 16.8 Å². The molecule has 7 nitrogen and oxygen atoms in total. The SMILES string of the molecule is Cc1ccc2cccc([O][Ga]3[O]c4ccccc4C=Nc4c(oc5ccccc45)/N=C/c4ccccc4[O]3)c2n1. The summed E-state index contributed by atoms with van der Waals surface area (Å²) >= 11 is -3.53. The molecule has 2 aromatic heterocycles. The summed E-state index contributed by atoms with van der Waals surface area (Å²) in [6.07, 6.45) is 3.48. The summed E-state index contributed by atoms with van der Waals surface area (Å²) < 4.78 is 25.7. The first-order chi connectivity index (χ1) is 19.7. The van der Waals surface area contributed by atoms with Crippen LogP contribution in [-0.2, 0) is 0 Å². The van der Waals surface area contributed by atoms with Crippen molar-refractivity contribution in [1.82, 2.24) is 4.98 Å². The number of furan rings is 1. The molecule has 0 bridgehead atoms. The van der Waals surface area contributed by atoms with Crippen LogP contribution >= 0.6 is 0 Å². The number of aromatic nitrogens is 1. The van der Waals surface area contributed by atoms with Gasteiger partial charge in [-0.2, -0.15) is 0 Å². The molecule has 0 aliphatic carbocycles. The molecule has 8 heteroatoms. The van der Waals surface area contributed by atoms with E-state index in [1.165, 1.54) is 0 Å². The molecule has 0 unspecified atom stereocenters. The van der Waals surface area contributed by atoms with E-state index < -0.39 is 17.3 Å². The van der Waals surface area contributed by atoms with Crippen LogP contribution in [0.5, 0.6) is 17.2 Å². The molecule has 1 aliphatic heterocycles. The average Bonchev–Trinajstić information content (AvgIpc) is 3.33. The van der Waals surface area contributed by atoms with Gasteiger partial charge >= 0.3 is 237 Å². The predicted octanol–water partition coefficient (Wildman–Crippen LogP) is 7.63. The third-order valence-corrected chi connectivity index (χ3v) is 9.34. The van der Waals surface area contributed by atoms with E-state index in [4.69, 9.17) is 25.0 Å². The summed E-state index contributed by atoms with van der Waals surface area (Å²) in [5, 5.41) is 1.86. The first-order valence-electron chi connectivity index (χ1n) is 12.9. The first kappa shape index (κ1) is 24.3. The van der Waals surface area contributed by atoms with Crippen molar-refractivity contribution in [2.24, 2.45) is 9.98 Å². The molecule has 0 spiro atoms. The standard InChI is InChI=1S/C22H16N2O3.C10H9NO.Ga/c25-18-10-4-1-7-15(18)13-23-21-17-9-3-6-12-20(17)27-22(21)24-14-16-8-2-5-11-19(16)26;1-7-5-6-8-3-2-4-9(12)10(8)11-7;/h1-14,25-26H;2-6,12H,1H3;/q;;+3/p-3/b23-13?,24-14+;;. The molecule has 40 heavy (non-hydrogen) atoms. The molecule has 0 atom stereocenters. The van der Waals surface area contributed by atoms with Gasteiger partial charge in [0.2, 0.25) is 0 Å². The molecule has 7 rings (SSSR count). The fraction of sp³-hybridized carbons (Fsp3) is 0.0312. The third kappa shape index (κ3) is 4.74. The number of fused-ring (bicyclic) bond motifs is 6. The summed E-state index contributed by atoms with van der Waals surface area (Å²) in [6.45, 7) is 1.96. The van der Waals surface area contributed by atoms with Crippen molar-refractivity contribution in [1.29, 1.82) is 0 Å². The zero-order chi connectivity index (χ0) is 26.9. The molecule has 6 aromatic rings. The van der Waals surface area contributed by atoms with Gasteiger partial charge in [0.15, 0.2) is 0 Å². The molecule has 0 saturated heterocycles. The molecular weight excluding hydrogens is 560 g/mol. The second kappa shape index (κ2) is 10.4. The molecule has 0 radical (unpaired) electrons. The fourth-order valence-corrected chi connectivity index (χ4v) is 7.49. The van der Waals surface area contributed by atoms with E-state index in [2.05, 4.69) is 4.99 Å². The zero-order valence-electron chi connectivity index (χ0n) is 21.5. The van der Waals surface area contributed by atoms with Crippen LogP contribution in [0.3, 0.4) is 0 Å². The van der Waals surface area contributed by atoms with Gasteiger partial charge in [0.25, 0.3) is 0 Å². The number of aryl methyl sites for hydroxylation is 1. The van der Waals surface area contributed by atoms with Gasteiger partial charge in [-0.15, -0.1) is 0 Å². The minimum absolute atomic E-state index is 0.413. The summed E-state index contributed by atoms with van der Waals surface area (Å²) in [7, 11) is 0. The Hall–Kier alpha value is -4.79. The predicted molar refractivity (Wildman–Crippen MR) is 158 cm³/mol. The van der Waals surface area contributed by atoms with E-state index in [-0.39, 0.29) is 0 Å². The van der Waals surface area contributed by atoms with E-state index in [1.54, 1.807) is 12.4 Å². The van der Waals surface area contributed by atoms with Gasteiger partial charge in [-0.1, -0.05) is 0 Å². The number of rotatable bonds is 2. The van der Waals surface area contributed by atoms with Crippen molar-refractivity contribution < 1.29 is 15.0 Å². The fourth-order valence-electron chi connectivity index (χ4n) is 4.58. The van der Waals surface area contributed by atoms with E-state index in [0.29, 0.717) is 34.4 Å². The molecule has 1 aliphatic rings. The number of para-hydroxylation sites is 4. The second-order valence-electron chi connectivity index (χ2n) is 9.27. The van der Waals surface area contributed by atoms with E-state index in [0.717, 1.165) is 33.1 Å². The monoisotopic (exact) mass is 581 g/mol. The summed E-state index contributed by atoms with van der Waals surface area (Å²) in [4.78, 5) is 14.2. The molecule has 0 fully saturated rings. The summed E-state index contributed by atoms with van der Waals surface area (Å²) in [5.74, 6) is 2.26. The number of pyridine rings is 1. The van der Waals surface area contributed by atoms with Crippen LogP contribution in [0.15, 0.2) is 118 Å². The van der Waals surface area contributed by atoms with Crippen LogP contribution in [-0.4, -0.2) is 34.7 Å². The van der Waals surface area contributed by atoms with Crippen LogP contribution in [0.25, 0.3) is 21.9 Å². The topological polar surface area (TPSA) is 78.4 Å². The van der Waals surface area contributed by atoms with Crippen molar-refractivity contribution in [3.63, 3.8) is 0 Å². The summed E-state index contributed by atoms with van der Waals surface area (Å²) in [6, 6.07) is 33.0. The Morgan fingerprint density at radius 3 is 2.17 bits per heavy atom. The second-order valence-corrected chi connectivity index (χ2v) is 12.0. The van der Waals surface area contributed by atoms with Crippen LogP contribution in [0.4, 0.5) is 11.6 Å². The Kier molecular flexibility index (Phi) is 6.31. The first-order valence-corrected chi connectivity index (χ1v) is 15.8. The molecule has 0 saturated carbocycles. The summed E-state index contributed by atoms with van der Waals surface area (Å²) in [5.41, 5.74) is 4.57. The number of benzene rings is 4. The van der Waals surface area contributed by atoms with Crippen LogP contribution in [0.2, 0.25) is 0 Å². The average molecular weight is 582 g/mol. The van der Waals surface area contributed by atoms with Gasteiger partial charge in [0.1, 0.15) is 0 Å². The maximum absolute atomic E-state index is 6.56. The maximum atomic E-state index is 6.56. The Labute approximate surface area is 236 Å². The van der Waals surface area contributed by atoms with Gasteiger partial charge in [-0.3, -0.25) is 0 Å². The van der Waals surface area contributed by atoms with Gasteiger partial charge < -0.3 is 0 Å². The molecule has 0 N–H and O–H groups in total. The molecule has 4 aromatic carbocycles. The van der Waals surface area contributed by atoms with Crippen LogP contribution < -0.4 is 10.6 Å². The van der Waals surface area contributed by atoms with E-state index in [1.807, 2.05) is 110 Å². The van der Waals surface area contributed by atoms with E-state index >= 15 is 0 Å². The number of hydrogen-bond donors (Lipinski definition) is 0. The van der Waals surface area contributed by atoms with Crippen molar-refractivity contribution in [2.75, 3.05) is 0 Å².